The zero-order valence-corrected chi connectivity index (χ0v) is 10.0. The standard InChI is InChI=1S/C8H7BrINO/c9-7-4-3-6(8(10)11-7)12-5-1-2-5/h3-5H,1-2H2. The van der Waals surface area contributed by atoms with Crippen molar-refractivity contribution in [3.63, 3.8) is 0 Å². The molecule has 0 bridgehead atoms. The minimum atomic E-state index is 0.446. The molecule has 0 saturated heterocycles. The lowest BCUT2D eigenvalue weighted by Gasteiger charge is -2.05. The Morgan fingerprint density at radius 3 is 2.83 bits per heavy atom. The molecular formula is C8H7BrINO. The van der Waals surface area contributed by atoms with Crippen molar-refractivity contribution < 1.29 is 4.74 Å². The van der Waals surface area contributed by atoms with Crippen LogP contribution in [0.4, 0.5) is 0 Å². The van der Waals surface area contributed by atoms with Gasteiger partial charge in [-0.25, -0.2) is 4.98 Å². The Hall–Kier alpha value is 0.160. The van der Waals surface area contributed by atoms with Crippen molar-refractivity contribution in [2.24, 2.45) is 0 Å². The summed E-state index contributed by atoms with van der Waals surface area (Å²) in [4.78, 5) is 4.23. The van der Waals surface area contributed by atoms with E-state index < -0.39 is 0 Å². The van der Waals surface area contributed by atoms with Crippen molar-refractivity contribution in [3.05, 3.63) is 20.4 Å². The molecule has 64 valence electrons. The summed E-state index contributed by atoms with van der Waals surface area (Å²) in [5.74, 6) is 0.904. The van der Waals surface area contributed by atoms with Gasteiger partial charge in [0, 0.05) is 0 Å². The number of halogens is 2. The average Bonchev–Trinajstić information content (AvgIpc) is 2.79. The summed E-state index contributed by atoms with van der Waals surface area (Å²) >= 11 is 5.49. The third-order valence-electron chi connectivity index (χ3n) is 1.60. The lowest BCUT2D eigenvalue weighted by molar-refractivity contribution is 0.299. The van der Waals surface area contributed by atoms with E-state index in [1.54, 1.807) is 0 Å². The first-order chi connectivity index (χ1) is 5.75. The second kappa shape index (κ2) is 3.49. The molecular weight excluding hydrogens is 333 g/mol. The van der Waals surface area contributed by atoms with Crippen LogP contribution in [-0.4, -0.2) is 11.1 Å². The zero-order valence-electron chi connectivity index (χ0n) is 6.26. The Morgan fingerprint density at radius 1 is 1.50 bits per heavy atom. The maximum absolute atomic E-state index is 5.62. The fraction of sp³-hybridized carbons (Fsp3) is 0.375. The molecule has 0 aromatic carbocycles. The molecule has 1 aliphatic carbocycles. The van der Waals surface area contributed by atoms with E-state index in [2.05, 4.69) is 43.5 Å². The van der Waals surface area contributed by atoms with Gasteiger partial charge in [0.05, 0.1) is 6.10 Å². The van der Waals surface area contributed by atoms with Crippen molar-refractivity contribution >= 4 is 38.5 Å². The molecule has 0 atom stereocenters. The van der Waals surface area contributed by atoms with Crippen molar-refractivity contribution in [1.82, 2.24) is 4.98 Å². The molecule has 2 rings (SSSR count). The number of rotatable bonds is 2. The van der Waals surface area contributed by atoms with Crippen LogP contribution in [0.5, 0.6) is 5.75 Å². The van der Waals surface area contributed by atoms with Crippen LogP contribution in [0.1, 0.15) is 12.8 Å². The Labute approximate surface area is 93.0 Å². The van der Waals surface area contributed by atoms with E-state index in [4.69, 9.17) is 4.74 Å². The molecule has 0 aliphatic heterocycles. The Balaban J connectivity index is 2.18. The van der Waals surface area contributed by atoms with Gasteiger partial charge < -0.3 is 4.74 Å². The highest BCUT2D eigenvalue weighted by molar-refractivity contribution is 14.1. The van der Waals surface area contributed by atoms with Crippen LogP contribution in [0.25, 0.3) is 0 Å². The van der Waals surface area contributed by atoms with Gasteiger partial charge in [-0.2, -0.15) is 0 Å². The minimum Gasteiger partial charge on any atom is -0.488 e. The Kier molecular flexibility index (Phi) is 2.55. The van der Waals surface area contributed by atoms with E-state index in [9.17, 15) is 0 Å². The van der Waals surface area contributed by atoms with Crippen molar-refractivity contribution in [3.8, 4) is 5.75 Å². The molecule has 12 heavy (non-hydrogen) atoms. The monoisotopic (exact) mass is 339 g/mol. The van der Waals surface area contributed by atoms with Crippen molar-refractivity contribution in [2.75, 3.05) is 0 Å². The number of aromatic nitrogens is 1. The van der Waals surface area contributed by atoms with Gasteiger partial charge in [-0.15, -0.1) is 0 Å². The molecule has 1 heterocycles. The summed E-state index contributed by atoms with van der Waals surface area (Å²) in [6.45, 7) is 0. The molecule has 0 unspecified atom stereocenters. The number of ether oxygens (including phenoxy) is 1. The normalized spacial score (nSPS) is 16.2. The smallest absolute Gasteiger partial charge is 0.151 e. The van der Waals surface area contributed by atoms with E-state index in [0.29, 0.717) is 6.10 Å². The fourth-order valence-corrected chi connectivity index (χ4v) is 2.06. The molecule has 4 heteroatoms. The number of hydrogen-bond donors (Lipinski definition) is 0. The van der Waals surface area contributed by atoms with Crippen LogP contribution in [0.15, 0.2) is 16.7 Å². The van der Waals surface area contributed by atoms with Gasteiger partial charge in [-0.3, -0.25) is 0 Å². The lowest BCUT2D eigenvalue weighted by atomic mass is 10.5. The molecule has 0 N–H and O–H groups in total. The van der Waals surface area contributed by atoms with Gasteiger partial charge in [0.15, 0.2) is 5.75 Å². The second-order valence-electron chi connectivity index (χ2n) is 2.74. The van der Waals surface area contributed by atoms with E-state index in [0.717, 1.165) is 14.1 Å². The van der Waals surface area contributed by atoms with E-state index in [1.165, 1.54) is 12.8 Å². The number of hydrogen-bond acceptors (Lipinski definition) is 2. The SMILES string of the molecule is Brc1ccc(OC2CC2)c(I)n1. The summed E-state index contributed by atoms with van der Waals surface area (Å²) in [6, 6.07) is 3.86. The van der Waals surface area contributed by atoms with E-state index >= 15 is 0 Å². The summed E-state index contributed by atoms with van der Waals surface area (Å²) in [5, 5.41) is 0. The van der Waals surface area contributed by atoms with Crippen LogP contribution in [-0.2, 0) is 0 Å². The highest BCUT2D eigenvalue weighted by atomic mass is 127. The zero-order chi connectivity index (χ0) is 8.55. The Morgan fingerprint density at radius 2 is 2.25 bits per heavy atom. The van der Waals surface area contributed by atoms with Crippen molar-refractivity contribution in [1.29, 1.82) is 0 Å². The lowest BCUT2D eigenvalue weighted by Crippen LogP contribution is -1.98. The van der Waals surface area contributed by atoms with Crippen LogP contribution < -0.4 is 4.74 Å². The van der Waals surface area contributed by atoms with Gasteiger partial charge in [-0.05, 0) is 63.5 Å². The highest BCUT2D eigenvalue weighted by Crippen LogP contribution is 2.29. The molecule has 0 radical (unpaired) electrons. The fourth-order valence-electron chi connectivity index (χ4n) is 0.853. The summed E-state index contributed by atoms with van der Waals surface area (Å²) in [6.07, 6.45) is 2.82. The quantitative estimate of drug-likeness (QED) is 0.610. The molecule has 0 amide bonds. The van der Waals surface area contributed by atoms with Crippen LogP contribution >= 0.6 is 38.5 Å². The van der Waals surface area contributed by atoms with Crippen LogP contribution in [0, 0.1) is 3.70 Å². The molecule has 1 saturated carbocycles. The first-order valence-corrected chi connectivity index (χ1v) is 5.61. The predicted molar refractivity (Wildman–Crippen MR) is 58.3 cm³/mol. The molecule has 1 fully saturated rings. The average molecular weight is 340 g/mol. The number of pyridine rings is 1. The first kappa shape index (κ1) is 8.74. The van der Waals surface area contributed by atoms with Crippen molar-refractivity contribution in [2.45, 2.75) is 18.9 Å². The van der Waals surface area contributed by atoms with Gasteiger partial charge in [0.1, 0.15) is 8.30 Å². The maximum atomic E-state index is 5.62. The second-order valence-corrected chi connectivity index (χ2v) is 4.57. The molecule has 1 aliphatic rings. The third-order valence-corrected chi connectivity index (χ3v) is 2.81. The molecule has 1 aromatic rings. The van der Waals surface area contributed by atoms with Gasteiger partial charge in [-0.1, -0.05) is 0 Å². The highest BCUT2D eigenvalue weighted by Gasteiger charge is 2.24. The third kappa shape index (κ3) is 2.10. The van der Waals surface area contributed by atoms with Gasteiger partial charge in [0.2, 0.25) is 0 Å². The molecule has 2 nitrogen and oxygen atoms in total. The van der Waals surface area contributed by atoms with Gasteiger partial charge in [0.25, 0.3) is 0 Å². The van der Waals surface area contributed by atoms with E-state index in [-0.39, 0.29) is 0 Å². The summed E-state index contributed by atoms with van der Waals surface area (Å²) in [7, 11) is 0. The topological polar surface area (TPSA) is 22.1 Å². The Bertz CT molecular complexity index is 301. The molecule has 0 spiro atoms. The first-order valence-electron chi connectivity index (χ1n) is 3.74. The summed E-state index contributed by atoms with van der Waals surface area (Å²) in [5.41, 5.74) is 0. The summed E-state index contributed by atoms with van der Waals surface area (Å²) < 4.78 is 7.40. The minimum absolute atomic E-state index is 0.446. The maximum Gasteiger partial charge on any atom is 0.151 e. The largest absolute Gasteiger partial charge is 0.488 e. The van der Waals surface area contributed by atoms with E-state index in [1.807, 2.05) is 12.1 Å². The number of nitrogens with zero attached hydrogens (tertiary/aromatic N) is 1. The van der Waals surface area contributed by atoms with Crippen LogP contribution in [0.3, 0.4) is 0 Å². The molecule has 1 aromatic heterocycles. The predicted octanol–water partition coefficient (Wildman–Crippen LogP) is 2.99. The van der Waals surface area contributed by atoms with Gasteiger partial charge >= 0.3 is 0 Å². The van der Waals surface area contributed by atoms with Crippen LogP contribution in [0.2, 0.25) is 0 Å².